The fourth-order valence-electron chi connectivity index (χ4n) is 1.35. The van der Waals surface area contributed by atoms with Gasteiger partial charge in [-0.2, -0.15) is 0 Å². The minimum Gasteiger partial charge on any atom is -0.366 e. The molecule has 16 heavy (non-hydrogen) atoms. The lowest BCUT2D eigenvalue weighted by molar-refractivity contribution is 0.1000. The molecule has 0 aliphatic heterocycles. The quantitative estimate of drug-likeness (QED) is 0.796. The molecule has 0 aliphatic carbocycles. The van der Waals surface area contributed by atoms with Gasteiger partial charge in [0, 0.05) is 18.2 Å². The van der Waals surface area contributed by atoms with Gasteiger partial charge in [-0.15, -0.1) is 0 Å². The zero-order chi connectivity index (χ0) is 12.1. The van der Waals surface area contributed by atoms with Crippen LogP contribution in [0.4, 0.5) is 0 Å². The third kappa shape index (κ3) is 3.66. The third-order valence-corrected chi connectivity index (χ3v) is 2.84. The Morgan fingerprint density at radius 3 is 2.62 bits per heavy atom. The average molecular weight is 220 g/mol. The smallest absolute Gasteiger partial charge is 0.248 e. The van der Waals surface area contributed by atoms with Crippen LogP contribution in [-0.4, -0.2) is 11.9 Å². The predicted octanol–water partition coefficient (Wildman–Crippen LogP) is 1.92. The van der Waals surface area contributed by atoms with Gasteiger partial charge in [0.2, 0.25) is 5.91 Å². The van der Waals surface area contributed by atoms with E-state index >= 15 is 0 Å². The highest BCUT2D eigenvalue weighted by Crippen LogP contribution is 2.06. The summed E-state index contributed by atoms with van der Waals surface area (Å²) in [4.78, 5) is 11.0. The number of nitrogens with two attached hydrogens (primary N) is 1. The molecule has 0 radical (unpaired) electrons. The van der Waals surface area contributed by atoms with Crippen molar-refractivity contribution in [2.75, 3.05) is 0 Å². The second-order valence-corrected chi connectivity index (χ2v) is 4.48. The number of carbonyl (C=O) groups excluding carboxylic acids is 1. The van der Waals surface area contributed by atoms with Gasteiger partial charge >= 0.3 is 0 Å². The van der Waals surface area contributed by atoms with Crippen molar-refractivity contribution in [3.05, 3.63) is 35.4 Å². The van der Waals surface area contributed by atoms with Crippen LogP contribution in [-0.2, 0) is 6.54 Å². The molecule has 0 saturated heterocycles. The Balaban J connectivity index is 2.61. The Bertz CT molecular complexity index is 361. The molecule has 1 rings (SSSR count). The first-order valence-electron chi connectivity index (χ1n) is 5.63. The van der Waals surface area contributed by atoms with Crippen LogP contribution in [0.5, 0.6) is 0 Å². The summed E-state index contributed by atoms with van der Waals surface area (Å²) in [6.07, 6.45) is 0. The van der Waals surface area contributed by atoms with Crippen molar-refractivity contribution in [3.63, 3.8) is 0 Å². The largest absolute Gasteiger partial charge is 0.366 e. The summed E-state index contributed by atoms with van der Waals surface area (Å²) in [5.74, 6) is 0.220. The third-order valence-electron chi connectivity index (χ3n) is 2.84. The van der Waals surface area contributed by atoms with Crippen molar-refractivity contribution in [1.29, 1.82) is 0 Å². The monoisotopic (exact) mass is 220 g/mol. The molecule has 3 N–H and O–H groups in total. The van der Waals surface area contributed by atoms with E-state index in [2.05, 4.69) is 26.1 Å². The summed E-state index contributed by atoms with van der Waals surface area (Å²) in [6, 6.07) is 7.88. The van der Waals surface area contributed by atoms with E-state index in [1.54, 1.807) is 6.07 Å². The van der Waals surface area contributed by atoms with Crippen molar-refractivity contribution >= 4 is 5.91 Å². The average Bonchev–Trinajstić information content (AvgIpc) is 2.26. The van der Waals surface area contributed by atoms with Crippen molar-refractivity contribution in [2.24, 2.45) is 11.7 Å². The van der Waals surface area contributed by atoms with Gasteiger partial charge < -0.3 is 11.1 Å². The first-order chi connectivity index (χ1) is 7.50. The topological polar surface area (TPSA) is 55.1 Å². The summed E-state index contributed by atoms with van der Waals surface area (Å²) in [7, 11) is 0. The minimum atomic E-state index is -0.376. The summed E-state index contributed by atoms with van der Waals surface area (Å²) < 4.78 is 0. The van der Waals surface area contributed by atoms with Crippen LogP contribution in [0.2, 0.25) is 0 Å². The van der Waals surface area contributed by atoms with E-state index < -0.39 is 0 Å². The van der Waals surface area contributed by atoms with E-state index in [0.717, 1.165) is 12.1 Å². The minimum absolute atomic E-state index is 0.376. The summed E-state index contributed by atoms with van der Waals surface area (Å²) in [5.41, 5.74) is 6.88. The molecule has 1 amide bonds. The van der Waals surface area contributed by atoms with E-state index in [4.69, 9.17) is 5.73 Å². The van der Waals surface area contributed by atoms with Gasteiger partial charge in [-0.1, -0.05) is 26.0 Å². The van der Waals surface area contributed by atoms with E-state index in [0.29, 0.717) is 17.5 Å². The highest BCUT2D eigenvalue weighted by Gasteiger charge is 2.06. The Morgan fingerprint density at radius 1 is 1.38 bits per heavy atom. The number of hydrogen-bond acceptors (Lipinski definition) is 2. The summed E-state index contributed by atoms with van der Waals surface area (Å²) in [5, 5.41) is 3.41. The Hall–Kier alpha value is -1.35. The molecule has 0 spiro atoms. The lowest BCUT2D eigenvalue weighted by atomic mass is 10.1. The fraction of sp³-hybridized carbons (Fsp3) is 0.462. The SMILES string of the molecule is CC(C)C(C)NCc1cccc(C(N)=O)c1. The summed E-state index contributed by atoms with van der Waals surface area (Å²) in [6.45, 7) is 7.28. The lowest BCUT2D eigenvalue weighted by Crippen LogP contribution is -2.30. The second kappa shape index (κ2) is 5.66. The van der Waals surface area contributed by atoms with Crippen LogP contribution < -0.4 is 11.1 Å². The van der Waals surface area contributed by atoms with Gasteiger partial charge in [-0.25, -0.2) is 0 Å². The van der Waals surface area contributed by atoms with Crippen LogP contribution in [0.25, 0.3) is 0 Å². The van der Waals surface area contributed by atoms with Gasteiger partial charge in [-0.05, 0) is 30.5 Å². The zero-order valence-corrected chi connectivity index (χ0v) is 10.2. The Morgan fingerprint density at radius 2 is 2.06 bits per heavy atom. The normalized spacial score (nSPS) is 12.8. The molecule has 1 aromatic rings. The zero-order valence-electron chi connectivity index (χ0n) is 10.2. The predicted molar refractivity (Wildman–Crippen MR) is 66.1 cm³/mol. The first kappa shape index (κ1) is 12.7. The molecular weight excluding hydrogens is 200 g/mol. The van der Waals surface area contributed by atoms with Crippen molar-refractivity contribution in [3.8, 4) is 0 Å². The van der Waals surface area contributed by atoms with Gasteiger partial charge in [0.05, 0.1) is 0 Å². The van der Waals surface area contributed by atoms with Gasteiger partial charge in [0.25, 0.3) is 0 Å². The molecule has 88 valence electrons. The first-order valence-corrected chi connectivity index (χ1v) is 5.63. The maximum atomic E-state index is 11.0. The molecular formula is C13H20N2O. The maximum Gasteiger partial charge on any atom is 0.248 e. The lowest BCUT2D eigenvalue weighted by Gasteiger charge is -2.17. The fourth-order valence-corrected chi connectivity index (χ4v) is 1.35. The van der Waals surface area contributed by atoms with Crippen molar-refractivity contribution in [2.45, 2.75) is 33.4 Å². The standard InChI is InChI=1S/C13H20N2O/c1-9(2)10(3)15-8-11-5-4-6-12(7-11)13(14)16/h4-7,9-10,15H,8H2,1-3H3,(H2,14,16). The van der Waals surface area contributed by atoms with E-state index in [9.17, 15) is 4.79 Å². The number of rotatable bonds is 5. The molecule has 1 unspecified atom stereocenters. The molecule has 0 bridgehead atoms. The highest BCUT2D eigenvalue weighted by molar-refractivity contribution is 5.92. The number of carbonyl (C=O) groups is 1. The number of benzene rings is 1. The van der Waals surface area contributed by atoms with Crippen LogP contribution in [0, 0.1) is 5.92 Å². The number of nitrogens with one attached hydrogen (secondary N) is 1. The number of primary amides is 1. The molecule has 0 aromatic heterocycles. The van der Waals surface area contributed by atoms with Crippen LogP contribution >= 0.6 is 0 Å². The summed E-state index contributed by atoms with van der Waals surface area (Å²) >= 11 is 0. The molecule has 0 saturated carbocycles. The van der Waals surface area contributed by atoms with Crippen LogP contribution in [0.15, 0.2) is 24.3 Å². The molecule has 3 nitrogen and oxygen atoms in total. The van der Waals surface area contributed by atoms with E-state index in [1.807, 2.05) is 18.2 Å². The maximum absolute atomic E-state index is 11.0. The van der Waals surface area contributed by atoms with Gasteiger partial charge in [0.15, 0.2) is 0 Å². The number of hydrogen-bond donors (Lipinski definition) is 2. The molecule has 3 heteroatoms. The molecule has 1 atom stereocenters. The van der Waals surface area contributed by atoms with Crippen LogP contribution in [0.3, 0.4) is 0 Å². The molecule has 0 fully saturated rings. The van der Waals surface area contributed by atoms with Crippen molar-refractivity contribution < 1.29 is 4.79 Å². The van der Waals surface area contributed by atoms with E-state index in [-0.39, 0.29) is 5.91 Å². The molecule has 1 aromatic carbocycles. The molecule has 0 heterocycles. The Kier molecular flexibility index (Phi) is 4.50. The van der Waals surface area contributed by atoms with Gasteiger partial charge in [0.1, 0.15) is 0 Å². The van der Waals surface area contributed by atoms with Crippen molar-refractivity contribution in [1.82, 2.24) is 5.32 Å². The van der Waals surface area contributed by atoms with Gasteiger partial charge in [-0.3, -0.25) is 4.79 Å². The number of amides is 1. The Labute approximate surface area is 97.0 Å². The second-order valence-electron chi connectivity index (χ2n) is 4.48. The van der Waals surface area contributed by atoms with Crippen LogP contribution in [0.1, 0.15) is 36.7 Å². The van der Waals surface area contributed by atoms with E-state index in [1.165, 1.54) is 0 Å². The molecule has 0 aliphatic rings. The highest BCUT2D eigenvalue weighted by atomic mass is 16.1.